The summed E-state index contributed by atoms with van der Waals surface area (Å²) < 4.78 is 11.3. The topological polar surface area (TPSA) is 80.4 Å². The minimum Gasteiger partial charge on any atom is -0.497 e. The number of hydrogen-bond donors (Lipinski definition) is 2. The Kier molecular flexibility index (Phi) is 5.65. The summed E-state index contributed by atoms with van der Waals surface area (Å²) in [4.78, 5) is 29.1. The highest BCUT2D eigenvalue weighted by molar-refractivity contribution is 8.00. The molecular formula is C26H26N2O4S2. The van der Waals surface area contributed by atoms with Crippen molar-refractivity contribution in [1.82, 2.24) is 4.98 Å². The van der Waals surface area contributed by atoms with Gasteiger partial charge in [0.2, 0.25) is 0 Å². The summed E-state index contributed by atoms with van der Waals surface area (Å²) in [7, 11) is 1.61. The average molecular weight is 495 g/mol. The third-order valence-electron chi connectivity index (χ3n) is 7.45. The van der Waals surface area contributed by atoms with E-state index in [9.17, 15) is 9.59 Å². The van der Waals surface area contributed by atoms with E-state index in [0.29, 0.717) is 22.8 Å². The molecule has 176 valence electrons. The lowest BCUT2D eigenvalue weighted by Crippen LogP contribution is -2.34. The molecule has 6 nitrogen and oxygen atoms in total. The molecule has 0 saturated heterocycles. The van der Waals surface area contributed by atoms with Crippen LogP contribution < -0.4 is 19.7 Å². The van der Waals surface area contributed by atoms with E-state index in [1.54, 1.807) is 31.4 Å². The van der Waals surface area contributed by atoms with Gasteiger partial charge in [0.1, 0.15) is 11.5 Å². The molecule has 2 aliphatic carbocycles. The van der Waals surface area contributed by atoms with Crippen LogP contribution in [0.25, 0.3) is 0 Å². The number of carbonyl (C=O) groups excluding carboxylic acids is 1. The van der Waals surface area contributed by atoms with Crippen LogP contribution in [0.2, 0.25) is 0 Å². The zero-order valence-corrected chi connectivity index (χ0v) is 20.4. The van der Waals surface area contributed by atoms with Gasteiger partial charge in [0.05, 0.1) is 12.1 Å². The summed E-state index contributed by atoms with van der Waals surface area (Å²) in [5.74, 6) is 3.27. The number of carbonyl (C=O) groups is 1. The number of H-pyrrole nitrogens is 1. The molecule has 3 aliphatic rings. The third-order valence-corrected chi connectivity index (χ3v) is 10.1. The van der Waals surface area contributed by atoms with Crippen LogP contribution in [-0.4, -0.2) is 29.9 Å². The fourth-order valence-corrected chi connectivity index (χ4v) is 8.97. The van der Waals surface area contributed by atoms with Crippen LogP contribution in [-0.2, 0) is 4.79 Å². The molecule has 6 rings (SSSR count). The molecule has 5 atom stereocenters. The number of nitrogens with one attached hydrogen (secondary N) is 2. The molecule has 1 amide bonds. The second-order valence-electron chi connectivity index (χ2n) is 9.28. The number of ether oxygens (including phenoxy) is 2. The molecule has 34 heavy (non-hydrogen) atoms. The van der Waals surface area contributed by atoms with Crippen molar-refractivity contribution in [3.63, 3.8) is 0 Å². The fraction of sp³-hybridized carbons (Fsp3) is 0.385. The first-order valence-corrected chi connectivity index (χ1v) is 13.4. The number of fused-ring (bicyclic) bond motifs is 6. The molecule has 3 aromatic rings. The SMILES string of the molecule is COc1ccc(NC(=O)COc2ccccc2[C@@H]2c3sc(=O)[nH]c3S[C@H]3[C@@H]4CC[C@@H](C4)[C@H]23)cc1. The number of para-hydroxylation sites is 1. The molecule has 0 spiro atoms. The Morgan fingerprint density at radius 2 is 1.91 bits per heavy atom. The minimum absolute atomic E-state index is 0.00656. The third kappa shape index (κ3) is 3.82. The van der Waals surface area contributed by atoms with E-state index < -0.39 is 0 Å². The van der Waals surface area contributed by atoms with E-state index >= 15 is 0 Å². The highest BCUT2D eigenvalue weighted by atomic mass is 32.2. The van der Waals surface area contributed by atoms with E-state index in [-0.39, 0.29) is 23.3 Å². The van der Waals surface area contributed by atoms with Crippen molar-refractivity contribution in [1.29, 1.82) is 0 Å². The lowest BCUT2D eigenvalue weighted by molar-refractivity contribution is -0.118. The second-order valence-corrected chi connectivity index (χ2v) is 11.5. The van der Waals surface area contributed by atoms with Gasteiger partial charge in [0, 0.05) is 27.3 Å². The standard InChI is InChI=1S/C26H26N2O4S2/c1-31-17-10-8-16(9-11-17)27-20(29)13-32-19-5-3-2-4-18(19)22-21-14-6-7-15(12-14)23(21)33-25-24(22)34-26(30)28-25/h2-5,8-11,14-15,21-23H,6-7,12-13H2,1H3,(H,27,29)(H,28,30)/t14-,15+,21+,22-,23-/m0/s1. The number of amides is 1. The van der Waals surface area contributed by atoms with Crippen molar-refractivity contribution < 1.29 is 14.3 Å². The lowest BCUT2D eigenvalue weighted by Gasteiger charge is -2.40. The summed E-state index contributed by atoms with van der Waals surface area (Å²) in [5.41, 5.74) is 1.78. The molecular weight excluding hydrogens is 468 g/mol. The van der Waals surface area contributed by atoms with Crippen LogP contribution >= 0.6 is 23.1 Å². The smallest absolute Gasteiger partial charge is 0.305 e. The maximum Gasteiger partial charge on any atom is 0.305 e. The van der Waals surface area contributed by atoms with Gasteiger partial charge in [-0.25, -0.2) is 0 Å². The molecule has 8 heteroatoms. The molecule has 0 radical (unpaired) electrons. The highest BCUT2D eigenvalue weighted by Crippen LogP contribution is 2.64. The zero-order chi connectivity index (χ0) is 23.2. The Labute approximate surface area is 206 Å². The first kappa shape index (κ1) is 21.8. The van der Waals surface area contributed by atoms with Crippen molar-refractivity contribution in [3.8, 4) is 11.5 Å². The molecule has 1 aromatic heterocycles. The summed E-state index contributed by atoms with van der Waals surface area (Å²) in [6.07, 6.45) is 3.84. The summed E-state index contributed by atoms with van der Waals surface area (Å²) >= 11 is 3.21. The molecule has 2 bridgehead atoms. The van der Waals surface area contributed by atoms with Crippen LogP contribution in [0.1, 0.15) is 35.6 Å². The van der Waals surface area contributed by atoms with E-state index in [4.69, 9.17) is 9.47 Å². The van der Waals surface area contributed by atoms with Gasteiger partial charge in [0.25, 0.3) is 5.91 Å². The lowest BCUT2D eigenvalue weighted by atomic mass is 9.74. The fourth-order valence-electron chi connectivity index (χ4n) is 6.08. The molecule has 0 unspecified atom stereocenters. The van der Waals surface area contributed by atoms with Crippen LogP contribution in [0.3, 0.4) is 0 Å². The van der Waals surface area contributed by atoms with Gasteiger partial charge in [-0.1, -0.05) is 29.5 Å². The van der Waals surface area contributed by atoms with Crippen LogP contribution in [0.5, 0.6) is 11.5 Å². The Bertz CT molecular complexity index is 1270. The predicted molar refractivity (Wildman–Crippen MR) is 134 cm³/mol. The number of aromatic nitrogens is 1. The van der Waals surface area contributed by atoms with E-state index in [1.165, 1.54) is 30.6 Å². The van der Waals surface area contributed by atoms with Gasteiger partial charge < -0.3 is 19.8 Å². The van der Waals surface area contributed by atoms with Crippen LogP contribution in [0.4, 0.5) is 5.69 Å². The quantitative estimate of drug-likeness (QED) is 0.498. The normalized spacial score (nSPS) is 26.6. The van der Waals surface area contributed by atoms with Gasteiger partial charge in [0.15, 0.2) is 6.61 Å². The zero-order valence-electron chi connectivity index (χ0n) is 18.8. The Morgan fingerprint density at radius 3 is 2.74 bits per heavy atom. The van der Waals surface area contributed by atoms with Crippen molar-refractivity contribution in [3.05, 3.63) is 68.6 Å². The number of methoxy groups -OCH3 is 1. The number of rotatable bonds is 6. The average Bonchev–Trinajstić information content (AvgIpc) is 3.56. The molecule has 2 fully saturated rings. The minimum atomic E-state index is -0.219. The Balaban J connectivity index is 1.25. The second kappa shape index (κ2) is 8.82. The number of anilines is 1. The summed E-state index contributed by atoms with van der Waals surface area (Å²) in [6.45, 7) is -0.0825. The van der Waals surface area contributed by atoms with Crippen molar-refractivity contribution >= 4 is 34.7 Å². The van der Waals surface area contributed by atoms with Crippen molar-refractivity contribution in [2.45, 2.75) is 35.5 Å². The Morgan fingerprint density at radius 1 is 1.12 bits per heavy atom. The van der Waals surface area contributed by atoms with Crippen LogP contribution in [0.15, 0.2) is 58.4 Å². The number of hydrogen-bond acceptors (Lipinski definition) is 6. The molecule has 2 heterocycles. The first-order valence-electron chi connectivity index (χ1n) is 11.7. The van der Waals surface area contributed by atoms with E-state index in [0.717, 1.165) is 32.9 Å². The monoisotopic (exact) mass is 494 g/mol. The van der Waals surface area contributed by atoms with Gasteiger partial charge in [-0.15, -0.1) is 11.8 Å². The highest BCUT2D eigenvalue weighted by Gasteiger charge is 2.55. The Hall–Kier alpha value is -2.71. The van der Waals surface area contributed by atoms with Gasteiger partial charge in [-0.3, -0.25) is 9.59 Å². The van der Waals surface area contributed by atoms with Crippen molar-refractivity contribution in [2.75, 3.05) is 19.0 Å². The molecule has 2 aromatic carbocycles. The number of thiazole rings is 1. The van der Waals surface area contributed by atoms with Crippen LogP contribution in [0, 0.1) is 17.8 Å². The summed E-state index contributed by atoms with van der Waals surface area (Å²) in [5, 5.41) is 4.44. The van der Waals surface area contributed by atoms with Gasteiger partial charge in [-0.2, -0.15) is 0 Å². The van der Waals surface area contributed by atoms with E-state index in [1.807, 2.05) is 30.0 Å². The van der Waals surface area contributed by atoms with Crippen molar-refractivity contribution in [2.24, 2.45) is 17.8 Å². The number of benzene rings is 2. The first-order chi connectivity index (χ1) is 16.6. The largest absolute Gasteiger partial charge is 0.497 e. The van der Waals surface area contributed by atoms with E-state index in [2.05, 4.69) is 16.4 Å². The molecule has 2 N–H and O–H groups in total. The predicted octanol–water partition coefficient (Wildman–Crippen LogP) is 5.11. The molecule has 2 saturated carbocycles. The van der Waals surface area contributed by atoms with Gasteiger partial charge >= 0.3 is 4.87 Å². The summed E-state index contributed by atoms with van der Waals surface area (Å²) in [6, 6.07) is 15.2. The van der Waals surface area contributed by atoms with Gasteiger partial charge in [-0.05, 0) is 67.3 Å². The maximum absolute atomic E-state index is 12.6. The maximum atomic E-state index is 12.6. The molecule has 1 aliphatic heterocycles. The number of aromatic amines is 1. The number of thioether (sulfide) groups is 1.